The van der Waals surface area contributed by atoms with Crippen molar-refractivity contribution in [3.05, 3.63) is 0 Å². The maximum absolute atomic E-state index is 8.99. The van der Waals surface area contributed by atoms with Crippen molar-refractivity contribution in [3.8, 4) is 0 Å². The molecule has 58 valence electrons. The lowest BCUT2D eigenvalue weighted by molar-refractivity contribution is 0.184. The summed E-state index contributed by atoms with van der Waals surface area (Å²) in [5, 5.41) is 12.3. The molecule has 10 heavy (non-hydrogen) atoms. The Morgan fingerprint density at radius 1 is 1.60 bits per heavy atom. The second-order valence-electron chi connectivity index (χ2n) is 3.29. The summed E-state index contributed by atoms with van der Waals surface area (Å²) in [5.74, 6) is 2.51. The van der Waals surface area contributed by atoms with E-state index in [4.69, 9.17) is 5.11 Å². The van der Waals surface area contributed by atoms with Gasteiger partial charge in [-0.3, -0.25) is 0 Å². The van der Waals surface area contributed by atoms with Crippen molar-refractivity contribution >= 4 is 11.8 Å². The van der Waals surface area contributed by atoms with Crippen molar-refractivity contribution in [2.45, 2.75) is 12.5 Å². The van der Waals surface area contributed by atoms with Gasteiger partial charge >= 0.3 is 0 Å². The van der Waals surface area contributed by atoms with Gasteiger partial charge < -0.3 is 10.4 Å². The third kappa shape index (κ3) is 0.807. The summed E-state index contributed by atoms with van der Waals surface area (Å²) in [4.78, 5) is 0. The highest BCUT2D eigenvalue weighted by molar-refractivity contribution is 8.00. The topological polar surface area (TPSA) is 32.3 Å². The van der Waals surface area contributed by atoms with Crippen LogP contribution in [0.25, 0.3) is 0 Å². The molecule has 2 aliphatic rings. The van der Waals surface area contributed by atoms with Crippen LogP contribution in [0.5, 0.6) is 0 Å². The largest absolute Gasteiger partial charge is 0.395 e. The van der Waals surface area contributed by atoms with Crippen LogP contribution in [0.2, 0.25) is 0 Å². The van der Waals surface area contributed by atoms with E-state index < -0.39 is 0 Å². The van der Waals surface area contributed by atoms with Crippen LogP contribution in [0, 0.1) is 5.41 Å². The van der Waals surface area contributed by atoms with Gasteiger partial charge in [-0.1, -0.05) is 0 Å². The monoisotopic (exact) mass is 159 g/mol. The SMILES string of the molecule is OCC1NCCC12CSC2. The second-order valence-corrected chi connectivity index (χ2v) is 4.28. The first-order valence-corrected chi connectivity index (χ1v) is 4.95. The fourth-order valence-corrected chi connectivity index (χ4v) is 3.27. The molecule has 0 aliphatic carbocycles. The molecular formula is C7H13NOS. The molecule has 0 bridgehead atoms. The van der Waals surface area contributed by atoms with Crippen molar-refractivity contribution in [3.63, 3.8) is 0 Å². The number of hydrogen-bond acceptors (Lipinski definition) is 3. The highest BCUT2D eigenvalue weighted by atomic mass is 32.2. The molecule has 2 heterocycles. The van der Waals surface area contributed by atoms with Crippen LogP contribution in [0.3, 0.4) is 0 Å². The van der Waals surface area contributed by atoms with Crippen LogP contribution in [-0.4, -0.2) is 35.8 Å². The molecule has 0 radical (unpaired) electrons. The third-order valence-corrected chi connectivity index (χ3v) is 4.27. The predicted molar refractivity (Wildman–Crippen MR) is 43.3 cm³/mol. The van der Waals surface area contributed by atoms with Crippen LogP contribution in [-0.2, 0) is 0 Å². The molecule has 2 rings (SSSR count). The minimum absolute atomic E-state index is 0.320. The summed E-state index contributed by atoms with van der Waals surface area (Å²) >= 11 is 2.00. The number of thioether (sulfide) groups is 1. The Bertz CT molecular complexity index is 136. The summed E-state index contributed by atoms with van der Waals surface area (Å²) in [6, 6.07) is 0.397. The second kappa shape index (κ2) is 2.40. The zero-order valence-corrected chi connectivity index (χ0v) is 6.78. The lowest BCUT2D eigenvalue weighted by atomic mass is 9.84. The molecule has 1 spiro atoms. The van der Waals surface area contributed by atoms with Gasteiger partial charge in [0, 0.05) is 23.0 Å². The van der Waals surface area contributed by atoms with E-state index in [0.717, 1.165) is 6.54 Å². The van der Waals surface area contributed by atoms with Gasteiger partial charge in [0.05, 0.1) is 6.61 Å². The zero-order valence-electron chi connectivity index (χ0n) is 5.97. The molecule has 0 saturated carbocycles. The van der Waals surface area contributed by atoms with Gasteiger partial charge in [-0.05, 0) is 13.0 Å². The molecule has 0 aromatic heterocycles. The molecule has 1 unspecified atom stereocenters. The number of nitrogens with one attached hydrogen (secondary N) is 1. The molecule has 2 aliphatic heterocycles. The highest BCUT2D eigenvalue weighted by Crippen LogP contribution is 2.45. The first-order chi connectivity index (χ1) is 4.87. The summed E-state index contributed by atoms with van der Waals surface area (Å²) < 4.78 is 0. The fourth-order valence-electron chi connectivity index (χ4n) is 1.85. The minimum Gasteiger partial charge on any atom is -0.395 e. The normalized spacial score (nSPS) is 36.3. The van der Waals surface area contributed by atoms with Gasteiger partial charge in [0.25, 0.3) is 0 Å². The van der Waals surface area contributed by atoms with E-state index >= 15 is 0 Å². The molecule has 3 heteroatoms. The van der Waals surface area contributed by atoms with E-state index in [1.54, 1.807) is 0 Å². The number of aliphatic hydroxyl groups excluding tert-OH is 1. The number of aliphatic hydroxyl groups is 1. The van der Waals surface area contributed by atoms with Crippen molar-refractivity contribution in [1.82, 2.24) is 5.32 Å². The van der Waals surface area contributed by atoms with Crippen LogP contribution in [0.1, 0.15) is 6.42 Å². The Labute approximate surface area is 65.4 Å². The lowest BCUT2D eigenvalue weighted by Crippen LogP contribution is -2.48. The molecule has 2 fully saturated rings. The molecule has 0 aromatic carbocycles. The summed E-state index contributed by atoms with van der Waals surface area (Å²) in [6.07, 6.45) is 1.27. The smallest absolute Gasteiger partial charge is 0.0590 e. The van der Waals surface area contributed by atoms with Gasteiger partial charge in [0.1, 0.15) is 0 Å². The maximum atomic E-state index is 8.99. The zero-order chi connectivity index (χ0) is 7.03. The Balaban J connectivity index is 2.05. The third-order valence-electron chi connectivity index (χ3n) is 2.71. The van der Waals surface area contributed by atoms with Crippen molar-refractivity contribution < 1.29 is 5.11 Å². The van der Waals surface area contributed by atoms with E-state index in [-0.39, 0.29) is 0 Å². The van der Waals surface area contributed by atoms with Crippen LogP contribution >= 0.6 is 11.8 Å². The van der Waals surface area contributed by atoms with Crippen molar-refractivity contribution in [2.24, 2.45) is 5.41 Å². The predicted octanol–water partition coefficient (Wildman–Crippen LogP) is 0.0738. The van der Waals surface area contributed by atoms with Gasteiger partial charge in [-0.15, -0.1) is 0 Å². The van der Waals surface area contributed by atoms with Crippen LogP contribution < -0.4 is 5.32 Å². The molecule has 0 aromatic rings. The van der Waals surface area contributed by atoms with Crippen LogP contribution in [0.4, 0.5) is 0 Å². The van der Waals surface area contributed by atoms with E-state index in [1.165, 1.54) is 17.9 Å². The maximum Gasteiger partial charge on any atom is 0.0590 e. The van der Waals surface area contributed by atoms with Gasteiger partial charge in [0.15, 0.2) is 0 Å². The van der Waals surface area contributed by atoms with Gasteiger partial charge in [-0.2, -0.15) is 11.8 Å². The first kappa shape index (κ1) is 6.95. The number of hydrogen-bond donors (Lipinski definition) is 2. The van der Waals surface area contributed by atoms with E-state index in [2.05, 4.69) is 5.32 Å². The Morgan fingerprint density at radius 2 is 2.40 bits per heavy atom. The molecule has 0 amide bonds. The van der Waals surface area contributed by atoms with Crippen molar-refractivity contribution in [2.75, 3.05) is 24.7 Å². The van der Waals surface area contributed by atoms with Gasteiger partial charge in [0.2, 0.25) is 0 Å². The first-order valence-electron chi connectivity index (χ1n) is 3.79. The summed E-state index contributed by atoms with van der Waals surface area (Å²) in [7, 11) is 0. The molecule has 2 saturated heterocycles. The molecule has 2 nitrogen and oxygen atoms in total. The summed E-state index contributed by atoms with van der Waals surface area (Å²) in [6.45, 7) is 1.42. The van der Waals surface area contributed by atoms with Gasteiger partial charge in [-0.25, -0.2) is 0 Å². The Hall–Kier alpha value is 0.270. The molecule has 2 N–H and O–H groups in total. The minimum atomic E-state index is 0.320. The van der Waals surface area contributed by atoms with Crippen LogP contribution in [0.15, 0.2) is 0 Å². The summed E-state index contributed by atoms with van der Waals surface area (Å²) in [5.41, 5.74) is 0.486. The average molecular weight is 159 g/mol. The van der Waals surface area contributed by atoms with E-state index in [0.29, 0.717) is 18.1 Å². The average Bonchev–Trinajstić information content (AvgIpc) is 2.27. The quantitative estimate of drug-likeness (QED) is 0.568. The standard InChI is InChI=1S/C7H13NOS/c9-3-6-7(1-2-8-6)4-10-5-7/h6,8-9H,1-5H2. The van der Waals surface area contributed by atoms with E-state index in [1.807, 2.05) is 11.8 Å². The Kier molecular flexibility index (Phi) is 1.66. The molecular weight excluding hydrogens is 146 g/mol. The molecule has 1 atom stereocenters. The van der Waals surface area contributed by atoms with E-state index in [9.17, 15) is 0 Å². The number of rotatable bonds is 1. The Morgan fingerprint density at radius 3 is 2.80 bits per heavy atom. The van der Waals surface area contributed by atoms with Crippen molar-refractivity contribution in [1.29, 1.82) is 0 Å². The highest BCUT2D eigenvalue weighted by Gasteiger charge is 2.47. The lowest BCUT2D eigenvalue weighted by Gasteiger charge is -2.41. The fraction of sp³-hybridized carbons (Fsp3) is 1.00.